The summed E-state index contributed by atoms with van der Waals surface area (Å²) in [5.41, 5.74) is 0.625. The quantitative estimate of drug-likeness (QED) is 0.492. The second-order valence-corrected chi connectivity index (χ2v) is 5.54. The monoisotopic (exact) mass is 358 g/mol. The molecule has 0 heterocycles. The van der Waals surface area contributed by atoms with Crippen molar-refractivity contribution < 1.29 is 5.11 Å². The number of nitrogens with one attached hydrogen (secondary N) is 2. The molecule has 0 saturated carbocycles. The maximum Gasteiger partial charge on any atom is 0.253 e. The van der Waals surface area contributed by atoms with Crippen molar-refractivity contribution in [2.24, 2.45) is 0 Å². The van der Waals surface area contributed by atoms with Gasteiger partial charge in [0.05, 0.1) is 5.69 Å². The molecule has 0 amide bonds. The van der Waals surface area contributed by atoms with Gasteiger partial charge in [0, 0.05) is 10.2 Å². The number of rotatable bonds is 4. The third-order valence-corrected chi connectivity index (χ3v) is 3.87. The van der Waals surface area contributed by atoms with E-state index in [-0.39, 0.29) is 17.1 Å². The van der Waals surface area contributed by atoms with Crippen LogP contribution in [0.15, 0.2) is 62.6 Å². The molecule has 0 bridgehead atoms. The van der Waals surface area contributed by atoms with Gasteiger partial charge in [0.1, 0.15) is 17.1 Å². The zero-order valence-corrected chi connectivity index (χ0v) is 12.8. The van der Waals surface area contributed by atoms with E-state index in [1.165, 1.54) is 12.1 Å². The fourth-order valence-electron chi connectivity index (χ4n) is 2.02. The van der Waals surface area contributed by atoms with Gasteiger partial charge in [-0.3, -0.25) is 9.59 Å². The van der Waals surface area contributed by atoms with E-state index in [2.05, 4.69) is 26.6 Å². The van der Waals surface area contributed by atoms with Crippen LogP contribution in [0.5, 0.6) is 5.75 Å². The summed E-state index contributed by atoms with van der Waals surface area (Å²) in [5, 5.41) is 15.1. The van der Waals surface area contributed by atoms with Crippen molar-refractivity contribution in [3.63, 3.8) is 0 Å². The Morgan fingerprint density at radius 3 is 2.05 bits per heavy atom. The Morgan fingerprint density at radius 1 is 0.818 bits per heavy atom. The first-order valence-electron chi connectivity index (χ1n) is 6.47. The average Bonchev–Trinajstić information content (AvgIpc) is 2.53. The Bertz CT molecular complexity index is 897. The Morgan fingerprint density at radius 2 is 1.41 bits per heavy atom. The van der Waals surface area contributed by atoms with Crippen LogP contribution >= 0.6 is 15.9 Å². The molecule has 0 spiro atoms. The fraction of sp³-hybridized carbons (Fsp3) is 0. The molecule has 3 aromatic rings. The molecule has 3 rings (SSSR count). The third-order valence-electron chi connectivity index (χ3n) is 3.18. The lowest BCUT2D eigenvalue weighted by Gasteiger charge is -2.15. The van der Waals surface area contributed by atoms with Crippen molar-refractivity contribution in [1.29, 1.82) is 0 Å². The lowest BCUT2D eigenvalue weighted by Crippen LogP contribution is -2.35. The minimum atomic E-state index is -0.567. The molecule has 0 aromatic heterocycles. The fourth-order valence-corrected chi connectivity index (χ4v) is 2.40. The van der Waals surface area contributed by atoms with Crippen LogP contribution < -0.4 is 21.5 Å². The number of phenolic OH excluding ortho intramolecular Hbond substituents is 1. The summed E-state index contributed by atoms with van der Waals surface area (Å²) in [5.74, 6) is 0.127. The molecule has 6 heteroatoms. The van der Waals surface area contributed by atoms with Gasteiger partial charge in [-0.2, -0.15) is 0 Å². The molecule has 0 aliphatic heterocycles. The number of aromatic hydroxyl groups is 1. The lowest BCUT2D eigenvalue weighted by molar-refractivity contribution is 0.475. The summed E-state index contributed by atoms with van der Waals surface area (Å²) in [4.78, 5) is 23.5. The van der Waals surface area contributed by atoms with Crippen molar-refractivity contribution in [3.05, 3.63) is 73.5 Å². The standard InChI is InChI=1S/C16H11BrN2O3/c17-11-3-1-2-4-12(11)19-14-13(15(21)16(14)22)18-9-5-7-10(20)8-6-9/h1-8,18-20H. The summed E-state index contributed by atoms with van der Waals surface area (Å²) in [7, 11) is 0. The van der Waals surface area contributed by atoms with Gasteiger partial charge in [0.15, 0.2) is 0 Å². The number of halogens is 1. The SMILES string of the molecule is O=c1c(Nc2ccc(O)cc2)c(Nc2ccccc2Br)c1=O. The molecule has 3 aromatic carbocycles. The highest BCUT2D eigenvalue weighted by molar-refractivity contribution is 9.10. The van der Waals surface area contributed by atoms with E-state index in [1.54, 1.807) is 18.2 Å². The molecule has 3 N–H and O–H groups in total. The molecule has 110 valence electrons. The van der Waals surface area contributed by atoms with Crippen molar-refractivity contribution in [1.82, 2.24) is 0 Å². The topological polar surface area (TPSA) is 78.4 Å². The molecular formula is C16H11BrN2O3. The first kappa shape index (κ1) is 14.3. The van der Waals surface area contributed by atoms with E-state index in [1.807, 2.05) is 18.2 Å². The van der Waals surface area contributed by atoms with Gasteiger partial charge >= 0.3 is 0 Å². The minimum absolute atomic E-state index is 0.127. The highest BCUT2D eigenvalue weighted by atomic mass is 79.9. The van der Waals surface area contributed by atoms with Crippen LogP contribution in [-0.2, 0) is 0 Å². The van der Waals surface area contributed by atoms with Gasteiger partial charge in [-0.05, 0) is 52.3 Å². The summed E-state index contributed by atoms with van der Waals surface area (Å²) < 4.78 is 0.790. The largest absolute Gasteiger partial charge is 0.508 e. The van der Waals surface area contributed by atoms with Gasteiger partial charge in [-0.1, -0.05) is 12.1 Å². The van der Waals surface area contributed by atoms with Crippen LogP contribution in [0.3, 0.4) is 0 Å². The number of anilines is 4. The van der Waals surface area contributed by atoms with Gasteiger partial charge in [-0.15, -0.1) is 0 Å². The van der Waals surface area contributed by atoms with Crippen LogP contribution in [0.25, 0.3) is 0 Å². The molecule has 0 atom stereocenters. The van der Waals surface area contributed by atoms with Crippen LogP contribution in [0, 0.1) is 0 Å². The zero-order chi connectivity index (χ0) is 15.7. The second kappa shape index (κ2) is 5.65. The van der Waals surface area contributed by atoms with Crippen molar-refractivity contribution in [2.75, 3.05) is 10.6 Å². The van der Waals surface area contributed by atoms with E-state index < -0.39 is 10.9 Å². The molecular weight excluding hydrogens is 348 g/mol. The van der Waals surface area contributed by atoms with Gasteiger partial charge < -0.3 is 15.7 Å². The van der Waals surface area contributed by atoms with E-state index in [0.717, 1.165) is 4.47 Å². The normalized spacial score (nSPS) is 10.6. The highest BCUT2D eigenvalue weighted by Crippen LogP contribution is 2.28. The number of hydrogen-bond acceptors (Lipinski definition) is 5. The maximum atomic E-state index is 11.8. The van der Waals surface area contributed by atoms with Crippen LogP contribution in [0.2, 0.25) is 0 Å². The molecule has 5 nitrogen and oxygen atoms in total. The van der Waals surface area contributed by atoms with E-state index in [9.17, 15) is 14.7 Å². The smallest absolute Gasteiger partial charge is 0.253 e. The summed E-state index contributed by atoms with van der Waals surface area (Å²) in [6, 6.07) is 13.5. The molecule has 22 heavy (non-hydrogen) atoms. The molecule has 0 fully saturated rings. The third kappa shape index (κ3) is 2.60. The predicted octanol–water partition coefficient (Wildman–Crippen LogP) is 3.24. The van der Waals surface area contributed by atoms with Crippen molar-refractivity contribution in [2.45, 2.75) is 0 Å². The van der Waals surface area contributed by atoms with E-state index >= 15 is 0 Å². The molecule has 0 saturated heterocycles. The number of benzene rings is 2. The van der Waals surface area contributed by atoms with Gasteiger partial charge in [0.2, 0.25) is 0 Å². The zero-order valence-electron chi connectivity index (χ0n) is 11.3. The van der Waals surface area contributed by atoms with Crippen LogP contribution in [0.1, 0.15) is 0 Å². The predicted molar refractivity (Wildman–Crippen MR) is 90.2 cm³/mol. The van der Waals surface area contributed by atoms with Gasteiger partial charge in [0.25, 0.3) is 10.9 Å². The molecule has 0 aliphatic rings. The first-order chi connectivity index (χ1) is 10.6. The Kier molecular flexibility index (Phi) is 3.68. The Hall–Kier alpha value is -2.60. The average molecular weight is 359 g/mol. The van der Waals surface area contributed by atoms with Crippen LogP contribution in [-0.4, -0.2) is 5.11 Å². The van der Waals surface area contributed by atoms with Crippen molar-refractivity contribution >= 4 is 38.7 Å². The number of para-hydroxylation sites is 1. The summed E-state index contributed by atoms with van der Waals surface area (Å²) >= 11 is 3.38. The number of hydrogen-bond donors (Lipinski definition) is 3. The maximum absolute atomic E-state index is 11.8. The highest BCUT2D eigenvalue weighted by Gasteiger charge is 2.21. The van der Waals surface area contributed by atoms with Crippen LogP contribution in [0.4, 0.5) is 22.7 Å². The van der Waals surface area contributed by atoms with Crippen molar-refractivity contribution in [3.8, 4) is 5.75 Å². The van der Waals surface area contributed by atoms with E-state index in [4.69, 9.17) is 0 Å². The summed E-state index contributed by atoms with van der Waals surface area (Å²) in [6.45, 7) is 0. The molecule has 0 aliphatic carbocycles. The molecule has 0 radical (unpaired) electrons. The van der Waals surface area contributed by atoms with Gasteiger partial charge in [-0.25, -0.2) is 0 Å². The Labute approximate surface area is 134 Å². The van der Waals surface area contributed by atoms with E-state index in [0.29, 0.717) is 11.4 Å². The Balaban J connectivity index is 1.89. The second-order valence-electron chi connectivity index (χ2n) is 4.68. The minimum Gasteiger partial charge on any atom is -0.508 e. The summed E-state index contributed by atoms with van der Waals surface area (Å²) in [6.07, 6.45) is 0. The first-order valence-corrected chi connectivity index (χ1v) is 7.26. The number of phenols is 1. The molecule has 0 unspecified atom stereocenters. The lowest BCUT2D eigenvalue weighted by atomic mass is 10.1.